The van der Waals surface area contributed by atoms with Gasteiger partial charge in [0.25, 0.3) is 0 Å². The van der Waals surface area contributed by atoms with E-state index in [1.165, 1.54) is 4.31 Å². The first-order valence-corrected chi connectivity index (χ1v) is 16.2. The van der Waals surface area contributed by atoms with Crippen LogP contribution in [0.3, 0.4) is 0 Å². The van der Waals surface area contributed by atoms with Gasteiger partial charge < -0.3 is 15.0 Å². The van der Waals surface area contributed by atoms with Crippen molar-refractivity contribution in [1.29, 1.82) is 0 Å². The number of nitrogens with one attached hydrogen (secondary N) is 1. The fourth-order valence-corrected chi connectivity index (χ4v) is 5.69. The molecule has 0 radical (unpaired) electrons. The van der Waals surface area contributed by atoms with Gasteiger partial charge in [-0.25, -0.2) is 8.42 Å². The van der Waals surface area contributed by atoms with E-state index in [2.05, 4.69) is 21.2 Å². The summed E-state index contributed by atoms with van der Waals surface area (Å²) in [5, 5.41) is 2.97. The molecule has 0 aromatic heterocycles. The van der Waals surface area contributed by atoms with Crippen LogP contribution in [0.25, 0.3) is 0 Å². The maximum absolute atomic E-state index is 13.8. The van der Waals surface area contributed by atoms with Crippen LogP contribution < -0.4 is 14.4 Å². The Labute approximate surface area is 251 Å². The highest BCUT2D eigenvalue weighted by Gasteiger charge is 2.30. The molecule has 220 valence electrons. The lowest BCUT2D eigenvalue weighted by atomic mass is 10.0. The highest BCUT2D eigenvalue weighted by atomic mass is 79.9. The maximum atomic E-state index is 13.8. The molecule has 3 aromatic rings. The zero-order valence-corrected chi connectivity index (χ0v) is 26.2. The first-order chi connectivity index (χ1) is 19.6. The van der Waals surface area contributed by atoms with Crippen LogP contribution in [0.4, 0.5) is 5.69 Å². The van der Waals surface area contributed by atoms with Gasteiger partial charge in [-0.3, -0.25) is 13.9 Å². The number of carbonyl (C=O) groups is 2. The molecular formula is C31H38BrN3O5S. The molecular weight excluding hydrogens is 606 g/mol. The van der Waals surface area contributed by atoms with Crippen molar-refractivity contribution in [3.05, 3.63) is 94.5 Å². The van der Waals surface area contributed by atoms with Gasteiger partial charge in [-0.05, 0) is 60.4 Å². The lowest BCUT2D eigenvalue weighted by Gasteiger charge is -2.32. The van der Waals surface area contributed by atoms with Crippen LogP contribution in [-0.2, 0) is 32.6 Å². The second kappa shape index (κ2) is 15.6. The molecule has 0 heterocycles. The molecule has 3 aromatic carbocycles. The highest BCUT2D eigenvalue weighted by Crippen LogP contribution is 2.23. The Balaban J connectivity index is 1.85. The number of methoxy groups -OCH3 is 1. The molecule has 8 nitrogen and oxygen atoms in total. The van der Waals surface area contributed by atoms with E-state index in [4.69, 9.17) is 4.74 Å². The van der Waals surface area contributed by atoms with Crippen LogP contribution in [0.15, 0.2) is 83.3 Å². The van der Waals surface area contributed by atoms with Crippen LogP contribution in [0.2, 0.25) is 0 Å². The van der Waals surface area contributed by atoms with Crippen LogP contribution in [0.5, 0.6) is 5.75 Å². The van der Waals surface area contributed by atoms with Crippen LogP contribution >= 0.6 is 15.9 Å². The Hall–Kier alpha value is -3.37. The molecule has 0 spiro atoms. The Bertz CT molecular complexity index is 1370. The minimum atomic E-state index is -3.59. The van der Waals surface area contributed by atoms with Gasteiger partial charge in [0.15, 0.2) is 0 Å². The topological polar surface area (TPSA) is 96.0 Å². The quantitative estimate of drug-likeness (QED) is 0.247. The number of ether oxygens (including phenoxy) is 1. The summed E-state index contributed by atoms with van der Waals surface area (Å²) < 4.78 is 32.6. The van der Waals surface area contributed by atoms with E-state index in [-0.39, 0.29) is 37.7 Å². The first-order valence-electron chi connectivity index (χ1n) is 13.6. The summed E-state index contributed by atoms with van der Waals surface area (Å²) in [7, 11) is -2.05. The van der Waals surface area contributed by atoms with Gasteiger partial charge in [0.1, 0.15) is 11.8 Å². The number of amides is 2. The van der Waals surface area contributed by atoms with E-state index in [0.717, 1.165) is 28.3 Å². The molecule has 0 unspecified atom stereocenters. The van der Waals surface area contributed by atoms with E-state index >= 15 is 0 Å². The van der Waals surface area contributed by atoms with Crippen molar-refractivity contribution >= 4 is 43.5 Å². The van der Waals surface area contributed by atoms with Gasteiger partial charge in [-0.15, -0.1) is 0 Å². The molecule has 0 bridgehead atoms. The number of carbonyl (C=O) groups excluding carboxylic acids is 2. The number of nitrogens with zero attached hydrogens (tertiary/aromatic N) is 2. The molecule has 41 heavy (non-hydrogen) atoms. The van der Waals surface area contributed by atoms with E-state index in [0.29, 0.717) is 24.4 Å². The third-order valence-electron chi connectivity index (χ3n) is 6.60. The smallest absolute Gasteiger partial charge is 0.243 e. The molecule has 0 fully saturated rings. The summed E-state index contributed by atoms with van der Waals surface area (Å²) in [6.45, 7) is 2.86. The van der Waals surface area contributed by atoms with Crippen molar-refractivity contribution in [2.45, 2.75) is 45.2 Å². The van der Waals surface area contributed by atoms with E-state index in [1.807, 2.05) is 61.5 Å². The van der Waals surface area contributed by atoms with Crippen molar-refractivity contribution in [2.75, 3.05) is 30.8 Å². The van der Waals surface area contributed by atoms with Crippen molar-refractivity contribution in [2.24, 2.45) is 0 Å². The molecule has 1 atom stereocenters. The van der Waals surface area contributed by atoms with Crippen molar-refractivity contribution in [3.8, 4) is 5.75 Å². The minimum Gasteiger partial charge on any atom is -0.497 e. The molecule has 10 heteroatoms. The van der Waals surface area contributed by atoms with Gasteiger partial charge in [0.05, 0.1) is 19.1 Å². The Morgan fingerprint density at radius 2 is 1.61 bits per heavy atom. The number of sulfonamides is 1. The molecule has 0 aliphatic heterocycles. The summed E-state index contributed by atoms with van der Waals surface area (Å²) in [6, 6.07) is 23.3. The molecule has 3 rings (SSSR count). The van der Waals surface area contributed by atoms with Gasteiger partial charge in [0, 0.05) is 36.9 Å². The third kappa shape index (κ3) is 9.89. The van der Waals surface area contributed by atoms with E-state index in [1.54, 1.807) is 36.3 Å². The summed E-state index contributed by atoms with van der Waals surface area (Å²) in [6.07, 6.45) is 2.64. The standard InChI is InChI=1S/C31H38BrN3O5S/c1-4-20-33-31(37)29(22-24-9-6-5-7-10-24)34(23-25-12-14-26(32)15-13-25)30(36)11-8-21-35(41(3,38)39)27-16-18-28(40-2)19-17-27/h5-7,9-10,12-19,29H,4,8,11,20-23H2,1-3H3,(H,33,37)/t29-/m0/s1. The van der Waals surface area contributed by atoms with E-state index < -0.39 is 16.1 Å². The predicted molar refractivity (Wildman–Crippen MR) is 166 cm³/mol. The highest BCUT2D eigenvalue weighted by molar-refractivity contribution is 9.10. The van der Waals surface area contributed by atoms with Gasteiger partial charge in [0.2, 0.25) is 21.8 Å². The van der Waals surface area contributed by atoms with Crippen molar-refractivity contribution in [1.82, 2.24) is 10.2 Å². The normalized spacial score (nSPS) is 11.9. The largest absolute Gasteiger partial charge is 0.497 e. The predicted octanol–water partition coefficient (Wildman–Crippen LogP) is 5.17. The fraction of sp³-hybridized carbons (Fsp3) is 0.355. The average Bonchev–Trinajstić information content (AvgIpc) is 2.96. The minimum absolute atomic E-state index is 0.0745. The summed E-state index contributed by atoms with van der Waals surface area (Å²) in [5.74, 6) is 0.188. The van der Waals surface area contributed by atoms with Gasteiger partial charge >= 0.3 is 0 Å². The zero-order valence-electron chi connectivity index (χ0n) is 23.8. The van der Waals surface area contributed by atoms with Crippen LogP contribution in [0.1, 0.15) is 37.3 Å². The van der Waals surface area contributed by atoms with Crippen LogP contribution in [-0.4, -0.2) is 57.6 Å². The number of hydrogen-bond donors (Lipinski definition) is 1. The number of benzene rings is 3. The number of rotatable bonds is 15. The lowest BCUT2D eigenvalue weighted by Crippen LogP contribution is -2.50. The monoisotopic (exact) mass is 643 g/mol. The van der Waals surface area contributed by atoms with Crippen LogP contribution in [0, 0.1) is 0 Å². The van der Waals surface area contributed by atoms with E-state index in [9.17, 15) is 18.0 Å². The molecule has 0 saturated heterocycles. The molecule has 1 N–H and O–H groups in total. The molecule has 2 amide bonds. The SMILES string of the molecule is CCCNC(=O)[C@H](Cc1ccccc1)N(Cc1ccc(Br)cc1)C(=O)CCCN(c1ccc(OC)cc1)S(C)(=O)=O. The number of halogens is 1. The molecule has 0 aliphatic carbocycles. The van der Waals surface area contributed by atoms with Gasteiger partial charge in [-0.1, -0.05) is 65.3 Å². The second-order valence-electron chi connectivity index (χ2n) is 9.78. The average molecular weight is 645 g/mol. The Morgan fingerprint density at radius 3 is 2.20 bits per heavy atom. The number of hydrogen-bond acceptors (Lipinski definition) is 5. The second-order valence-corrected chi connectivity index (χ2v) is 12.6. The summed E-state index contributed by atoms with van der Waals surface area (Å²) in [4.78, 5) is 28.9. The first kappa shape index (κ1) is 32.1. The Morgan fingerprint density at radius 1 is 0.951 bits per heavy atom. The molecule has 0 aliphatic rings. The zero-order chi connectivity index (χ0) is 29.8. The summed E-state index contributed by atoms with van der Waals surface area (Å²) >= 11 is 3.45. The van der Waals surface area contributed by atoms with Crippen molar-refractivity contribution < 1.29 is 22.7 Å². The fourth-order valence-electron chi connectivity index (χ4n) is 4.46. The molecule has 0 saturated carbocycles. The Kier molecular flexibility index (Phi) is 12.2. The van der Waals surface area contributed by atoms with Gasteiger partial charge in [-0.2, -0.15) is 0 Å². The van der Waals surface area contributed by atoms with Crippen molar-refractivity contribution in [3.63, 3.8) is 0 Å². The third-order valence-corrected chi connectivity index (χ3v) is 8.32. The number of anilines is 1. The lowest BCUT2D eigenvalue weighted by molar-refractivity contribution is -0.141. The summed E-state index contributed by atoms with van der Waals surface area (Å²) in [5.41, 5.74) is 2.33. The maximum Gasteiger partial charge on any atom is 0.243 e.